The van der Waals surface area contributed by atoms with E-state index in [9.17, 15) is 0 Å². The van der Waals surface area contributed by atoms with Gasteiger partial charge in [0.05, 0.1) is 0 Å². The van der Waals surface area contributed by atoms with Crippen molar-refractivity contribution < 1.29 is 4.43 Å². The second-order valence-electron chi connectivity index (χ2n) is 0.582. The second-order valence-corrected chi connectivity index (χ2v) is 0.818. The van der Waals surface area contributed by atoms with Gasteiger partial charge >= 0.3 is 0 Å². The van der Waals surface area contributed by atoms with Crippen molar-refractivity contribution in [3.05, 3.63) is 0 Å². The second kappa shape index (κ2) is 2.34. The molecule has 5 heavy (non-hydrogen) atoms. The van der Waals surface area contributed by atoms with E-state index < -0.39 is 6.35 Å². The molecule has 4 heteroatoms. The number of hydrogen-bond donors (Lipinski definition) is 2. The van der Waals surface area contributed by atoms with E-state index in [1.807, 2.05) is 0 Å². The van der Waals surface area contributed by atoms with E-state index in [4.69, 9.17) is 11.5 Å². The standard InChI is InChI=1S/CH5N2OSi/c2-1(3)4-5/h1H,2-3H2. The molecule has 29 valence electrons. The molecule has 0 unspecified atom stereocenters. The summed E-state index contributed by atoms with van der Waals surface area (Å²) in [5.74, 6) is 0. The third kappa shape index (κ3) is 4.10. The molecule has 0 heterocycles. The van der Waals surface area contributed by atoms with Crippen molar-refractivity contribution >= 4 is 10.5 Å². The Kier molecular flexibility index (Phi) is 2.39. The maximum Gasteiger partial charge on any atom is 0.250 e. The van der Waals surface area contributed by atoms with E-state index in [2.05, 4.69) is 14.9 Å². The molecule has 0 aromatic heterocycles. The Bertz CT molecular complexity index is 23.6. The molecule has 4 N–H and O–H groups in total. The zero-order chi connectivity index (χ0) is 4.28. The van der Waals surface area contributed by atoms with Gasteiger partial charge in [-0.3, -0.25) is 11.5 Å². The topological polar surface area (TPSA) is 61.3 Å². The van der Waals surface area contributed by atoms with Crippen LogP contribution in [0.25, 0.3) is 0 Å². The Morgan fingerprint density at radius 3 is 1.80 bits per heavy atom. The van der Waals surface area contributed by atoms with E-state index in [0.717, 1.165) is 0 Å². The lowest BCUT2D eigenvalue weighted by Crippen LogP contribution is -2.32. The van der Waals surface area contributed by atoms with Gasteiger partial charge in [-0.1, -0.05) is 0 Å². The smallest absolute Gasteiger partial charge is 0.250 e. The first-order chi connectivity index (χ1) is 2.27. The summed E-state index contributed by atoms with van der Waals surface area (Å²) < 4.78 is 4.11. The van der Waals surface area contributed by atoms with Gasteiger partial charge in [-0.2, -0.15) is 0 Å². The van der Waals surface area contributed by atoms with E-state index in [1.54, 1.807) is 0 Å². The quantitative estimate of drug-likeness (QED) is 0.297. The summed E-state index contributed by atoms with van der Waals surface area (Å²) in [6, 6.07) is 0. The first kappa shape index (κ1) is 5.10. The van der Waals surface area contributed by atoms with Gasteiger partial charge in [0.1, 0.15) is 6.35 Å². The highest BCUT2D eigenvalue weighted by atomic mass is 28.2. The first-order valence-electron chi connectivity index (χ1n) is 1.11. The van der Waals surface area contributed by atoms with Crippen LogP contribution in [0.15, 0.2) is 0 Å². The lowest BCUT2D eigenvalue weighted by Gasteiger charge is -1.96. The van der Waals surface area contributed by atoms with Gasteiger partial charge in [0.2, 0.25) is 10.5 Å². The lowest BCUT2D eigenvalue weighted by atomic mass is 11.1. The highest BCUT2D eigenvalue weighted by molar-refractivity contribution is 5.98. The Morgan fingerprint density at radius 1 is 1.60 bits per heavy atom. The average Bonchev–Trinajstić information content (AvgIpc) is 1.38. The zero-order valence-electron chi connectivity index (χ0n) is 2.64. The van der Waals surface area contributed by atoms with E-state index in [0.29, 0.717) is 0 Å². The fourth-order valence-electron chi connectivity index (χ4n) is 0. The molecule has 0 aromatic rings. The summed E-state index contributed by atoms with van der Waals surface area (Å²) in [5.41, 5.74) is 9.60. The fraction of sp³-hybridized carbons (Fsp3) is 1.00. The van der Waals surface area contributed by atoms with Crippen molar-refractivity contribution in [3.63, 3.8) is 0 Å². The fourth-order valence-corrected chi connectivity index (χ4v) is 0. The molecule has 0 spiro atoms. The third-order valence-electron chi connectivity index (χ3n) is 0.136. The molecule has 0 aromatic carbocycles. The first-order valence-corrected chi connectivity index (χ1v) is 1.51. The van der Waals surface area contributed by atoms with Crippen molar-refractivity contribution in [2.45, 2.75) is 6.35 Å². The molecule has 0 saturated heterocycles. The molecule has 0 rings (SSSR count). The van der Waals surface area contributed by atoms with Gasteiger partial charge in [-0.15, -0.1) is 0 Å². The zero-order valence-corrected chi connectivity index (χ0v) is 3.64. The van der Waals surface area contributed by atoms with Crippen LogP contribution in [0.1, 0.15) is 0 Å². The molecule has 0 aliphatic carbocycles. The van der Waals surface area contributed by atoms with Crippen LogP contribution in [0.2, 0.25) is 0 Å². The number of rotatable bonds is 1. The normalized spacial score (nSPS) is 9.60. The van der Waals surface area contributed by atoms with Crippen molar-refractivity contribution in [1.29, 1.82) is 0 Å². The SMILES string of the molecule is NC(N)O[Si]. The minimum Gasteiger partial charge on any atom is -0.392 e. The molecule has 0 atom stereocenters. The van der Waals surface area contributed by atoms with E-state index in [-0.39, 0.29) is 0 Å². The van der Waals surface area contributed by atoms with Gasteiger partial charge in [0, 0.05) is 0 Å². The van der Waals surface area contributed by atoms with Gasteiger partial charge in [-0.25, -0.2) is 0 Å². The molecular weight excluding hydrogens is 84.1 g/mol. The summed E-state index contributed by atoms with van der Waals surface area (Å²) in [4.78, 5) is 0. The minimum absolute atomic E-state index is 0.702. The Balaban J connectivity index is 2.54. The van der Waals surface area contributed by atoms with Crippen LogP contribution in [0.3, 0.4) is 0 Å². The van der Waals surface area contributed by atoms with Gasteiger partial charge in [-0.05, 0) is 0 Å². The van der Waals surface area contributed by atoms with Gasteiger partial charge in [0.15, 0.2) is 0 Å². The Labute approximate surface area is 33.8 Å². The van der Waals surface area contributed by atoms with Gasteiger partial charge in [0.25, 0.3) is 0 Å². The van der Waals surface area contributed by atoms with Crippen LogP contribution in [0, 0.1) is 0 Å². The molecule has 0 bridgehead atoms. The number of nitrogens with two attached hydrogens (primary N) is 2. The summed E-state index contributed by atoms with van der Waals surface area (Å²) in [7, 11) is 2.60. The Hall–Kier alpha value is 0.0969. The molecule has 0 saturated carbocycles. The number of hydrogen-bond acceptors (Lipinski definition) is 3. The molecule has 0 aliphatic rings. The molecular formula is CH5N2OSi. The van der Waals surface area contributed by atoms with Crippen molar-refractivity contribution in [2.24, 2.45) is 11.5 Å². The van der Waals surface area contributed by atoms with Crippen LogP contribution in [-0.2, 0) is 4.43 Å². The average molecular weight is 89.2 g/mol. The van der Waals surface area contributed by atoms with E-state index >= 15 is 0 Å². The molecule has 0 aliphatic heterocycles. The van der Waals surface area contributed by atoms with Crippen LogP contribution in [0.5, 0.6) is 0 Å². The minimum atomic E-state index is -0.702. The highest BCUT2D eigenvalue weighted by Crippen LogP contribution is 1.52. The monoisotopic (exact) mass is 89.0 g/mol. The summed E-state index contributed by atoms with van der Waals surface area (Å²) in [5, 5.41) is 0. The van der Waals surface area contributed by atoms with Crippen LogP contribution >= 0.6 is 0 Å². The highest BCUT2D eigenvalue weighted by Gasteiger charge is 1.78. The maximum atomic E-state index is 4.80. The van der Waals surface area contributed by atoms with Crippen molar-refractivity contribution in [1.82, 2.24) is 0 Å². The molecule has 3 radical (unpaired) electrons. The molecule has 0 fully saturated rings. The van der Waals surface area contributed by atoms with E-state index in [1.165, 1.54) is 0 Å². The van der Waals surface area contributed by atoms with Crippen molar-refractivity contribution in [2.75, 3.05) is 0 Å². The maximum absolute atomic E-state index is 4.80. The molecule has 3 nitrogen and oxygen atoms in total. The van der Waals surface area contributed by atoms with Crippen LogP contribution in [-0.4, -0.2) is 16.8 Å². The lowest BCUT2D eigenvalue weighted by molar-refractivity contribution is 0.240. The van der Waals surface area contributed by atoms with Crippen LogP contribution in [0.4, 0.5) is 0 Å². The van der Waals surface area contributed by atoms with Gasteiger partial charge < -0.3 is 4.43 Å². The van der Waals surface area contributed by atoms with Crippen LogP contribution < -0.4 is 11.5 Å². The van der Waals surface area contributed by atoms with Crippen molar-refractivity contribution in [3.8, 4) is 0 Å². The Morgan fingerprint density at radius 2 is 1.80 bits per heavy atom. The molecule has 0 amide bonds. The predicted molar refractivity (Wildman–Crippen MR) is 19.0 cm³/mol. The third-order valence-corrected chi connectivity index (χ3v) is 0.408. The summed E-state index contributed by atoms with van der Waals surface area (Å²) in [6.45, 7) is 0. The summed E-state index contributed by atoms with van der Waals surface area (Å²) >= 11 is 0. The largest absolute Gasteiger partial charge is 0.392 e. The summed E-state index contributed by atoms with van der Waals surface area (Å²) in [6.07, 6.45) is -0.702. The predicted octanol–water partition coefficient (Wildman–Crippen LogP) is -1.71.